The van der Waals surface area contributed by atoms with Crippen molar-refractivity contribution in [3.63, 3.8) is 0 Å². The third-order valence-corrected chi connectivity index (χ3v) is 4.07. The average molecular weight is 262 g/mol. The highest BCUT2D eigenvalue weighted by Crippen LogP contribution is 2.39. The minimum absolute atomic E-state index is 0.276. The van der Waals surface area contributed by atoms with Crippen LogP contribution in [0.2, 0.25) is 0 Å². The Morgan fingerprint density at radius 1 is 1.32 bits per heavy atom. The van der Waals surface area contributed by atoms with E-state index < -0.39 is 0 Å². The Balaban J connectivity index is 1.76. The minimum Gasteiger partial charge on any atom is -0.396 e. The molecule has 2 aliphatic rings. The van der Waals surface area contributed by atoms with E-state index in [1.165, 1.54) is 19.3 Å². The number of aliphatic hydroxyl groups excluding tert-OH is 1. The molecule has 5 heteroatoms. The SMILES string of the molecule is Nc1cc(N2CCCC(CCO)C2)nc(C2CC2)n1. The smallest absolute Gasteiger partial charge is 0.136 e. The Bertz CT molecular complexity index is 445. The zero-order valence-electron chi connectivity index (χ0n) is 11.3. The van der Waals surface area contributed by atoms with Gasteiger partial charge in [0.25, 0.3) is 0 Å². The van der Waals surface area contributed by atoms with Crippen LogP contribution in [0.3, 0.4) is 0 Å². The van der Waals surface area contributed by atoms with E-state index in [1.54, 1.807) is 0 Å². The Labute approximate surface area is 113 Å². The summed E-state index contributed by atoms with van der Waals surface area (Å²) >= 11 is 0. The summed E-state index contributed by atoms with van der Waals surface area (Å²) in [4.78, 5) is 11.3. The van der Waals surface area contributed by atoms with Crippen molar-refractivity contribution >= 4 is 11.6 Å². The van der Waals surface area contributed by atoms with E-state index in [0.29, 0.717) is 17.7 Å². The molecule has 0 radical (unpaired) electrons. The van der Waals surface area contributed by atoms with Gasteiger partial charge in [0, 0.05) is 31.7 Å². The monoisotopic (exact) mass is 262 g/mol. The van der Waals surface area contributed by atoms with Gasteiger partial charge >= 0.3 is 0 Å². The molecule has 104 valence electrons. The maximum absolute atomic E-state index is 9.08. The van der Waals surface area contributed by atoms with E-state index in [-0.39, 0.29) is 6.61 Å². The Kier molecular flexibility index (Phi) is 3.55. The molecule has 0 aromatic carbocycles. The van der Waals surface area contributed by atoms with Gasteiger partial charge in [-0.05, 0) is 38.0 Å². The summed E-state index contributed by atoms with van der Waals surface area (Å²) in [6, 6.07) is 1.88. The van der Waals surface area contributed by atoms with Crippen LogP contribution < -0.4 is 10.6 Å². The van der Waals surface area contributed by atoms with Crippen molar-refractivity contribution in [1.29, 1.82) is 0 Å². The van der Waals surface area contributed by atoms with Crippen molar-refractivity contribution in [2.45, 2.75) is 38.0 Å². The second-order valence-corrected chi connectivity index (χ2v) is 5.75. The van der Waals surface area contributed by atoms with Crippen LogP contribution in [0, 0.1) is 5.92 Å². The third-order valence-electron chi connectivity index (χ3n) is 4.07. The first kappa shape index (κ1) is 12.7. The first-order chi connectivity index (χ1) is 9.26. The number of nitrogen functional groups attached to an aromatic ring is 1. The molecule has 1 aliphatic heterocycles. The lowest BCUT2D eigenvalue weighted by atomic mass is 9.95. The number of piperidine rings is 1. The lowest BCUT2D eigenvalue weighted by Gasteiger charge is -2.33. The highest BCUT2D eigenvalue weighted by molar-refractivity contribution is 5.48. The molecule has 1 saturated heterocycles. The number of hydrogen-bond acceptors (Lipinski definition) is 5. The molecule has 19 heavy (non-hydrogen) atoms. The quantitative estimate of drug-likeness (QED) is 0.860. The molecule has 2 heterocycles. The van der Waals surface area contributed by atoms with Crippen LogP contribution >= 0.6 is 0 Å². The molecule has 0 amide bonds. The lowest BCUT2D eigenvalue weighted by molar-refractivity contribution is 0.244. The van der Waals surface area contributed by atoms with Gasteiger partial charge in [0.1, 0.15) is 17.5 Å². The molecule has 0 spiro atoms. The van der Waals surface area contributed by atoms with Crippen LogP contribution in [-0.4, -0.2) is 34.8 Å². The first-order valence-corrected chi connectivity index (χ1v) is 7.26. The van der Waals surface area contributed by atoms with Gasteiger partial charge in [-0.2, -0.15) is 0 Å². The van der Waals surface area contributed by atoms with E-state index in [0.717, 1.165) is 37.6 Å². The fourth-order valence-electron chi connectivity index (χ4n) is 2.85. The van der Waals surface area contributed by atoms with Crippen molar-refractivity contribution in [2.75, 3.05) is 30.3 Å². The molecule has 5 nitrogen and oxygen atoms in total. The van der Waals surface area contributed by atoms with Gasteiger partial charge in [-0.25, -0.2) is 9.97 Å². The molecule has 1 unspecified atom stereocenters. The van der Waals surface area contributed by atoms with E-state index >= 15 is 0 Å². The summed E-state index contributed by atoms with van der Waals surface area (Å²) in [5.41, 5.74) is 5.91. The number of hydrogen-bond donors (Lipinski definition) is 2. The molecule has 1 aromatic heterocycles. The van der Waals surface area contributed by atoms with Gasteiger partial charge in [-0.1, -0.05) is 0 Å². The summed E-state index contributed by atoms with van der Waals surface area (Å²) in [7, 11) is 0. The summed E-state index contributed by atoms with van der Waals surface area (Å²) in [5, 5.41) is 9.08. The predicted molar refractivity (Wildman–Crippen MR) is 75.1 cm³/mol. The normalized spacial score (nSPS) is 23.6. The molecule has 3 rings (SSSR count). The van der Waals surface area contributed by atoms with Crippen LogP contribution in [0.15, 0.2) is 6.07 Å². The summed E-state index contributed by atoms with van der Waals surface area (Å²) in [6.07, 6.45) is 5.62. The predicted octanol–water partition coefficient (Wildman–Crippen LogP) is 1.53. The molecule has 0 bridgehead atoms. The van der Waals surface area contributed by atoms with Crippen molar-refractivity contribution in [3.8, 4) is 0 Å². The molecule has 1 atom stereocenters. The van der Waals surface area contributed by atoms with Gasteiger partial charge in [0.2, 0.25) is 0 Å². The zero-order chi connectivity index (χ0) is 13.2. The van der Waals surface area contributed by atoms with Crippen LogP contribution in [-0.2, 0) is 0 Å². The van der Waals surface area contributed by atoms with Gasteiger partial charge in [0.05, 0.1) is 0 Å². The standard InChI is InChI=1S/C14H22N4O/c15-12-8-13(17-14(16-12)11-3-4-11)18-6-1-2-10(9-18)5-7-19/h8,10-11,19H,1-7,9H2,(H2,15,16,17). The van der Waals surface area contributed by atoms with Crippen LogP contribution in [0.1, 0.15) is 43.8 Å². The zero-order valence-corrected chi connectivity index (χ0v) is 11.3. The van der Waals surface area contributed by atoms with Crippen molar-refractivity contribution in [1.82, 2.24) is 9.97 Å². The summed E-state index contributed by atoms with van der Waals surface area (Å²) in [6.45, 7) is 2.28. The highest BCUT2D eigenvalue weighted by Gasteiger charge is 2.28. The summed E-state index contributed by atoms with van der Waals surface area (Å²) < 4.78 is 0. The maximum atomic E-state index is 9.08. The molecule has 1 saturated carbocycles. The van der Waals surface area contributed by atoms with Gasteiger partial charge < -0.3 is 15.7 Å². The molecule has 2 fully saturated rings. The highest BCUT2D eigenvalue weighted by atomic mass is 16.3. The molecular formula is C14H22N4O. The summed E-state index contributed by atoms with van der Waals surface area (Å²) in [5.74, 6) is 3.56. The van der Waals surface area contributed by atoms with Crippen LogP contribution in [0.25, 0.3) is 0 Å². The number of aliphatic hydroxyl groups is 1. The number of nitrogens with two attached hydrogens (primary N) is 1. The lowest BCUT2D eigenvalue weighted by Crippen LogP contribution is -2.36. The van der Waals surface area contributed by atoms with Crippen LogP contribution in [0.5, 0.6) is 0 Å². The van der Waals surface area contributed by atoms with E-state index in [4.69, 9.17) is 10.8 Å². The van der Waals surface area contributed by atoms with Crippen molar-refractivity contribution in [3.05, 3.63) is 11.9 Å². The molecule has 1 aromatic rings. The van der Waals surface area contributed by atoms with E-state index in [9.17, 15) is 0 Å². The Hall–Kier alpha value is -1.36. The van der Waals surface area contributed by atoms with E-state index in [2.05, 4.69) is 14.9 Å². The molecule has 1 aliphatic carbocycles. The first-order valence-electron chi connectivity index (χ1n) is 7.26. The number of nitrogens with zero attached hydrogens (tertiary/aromatic N) is 3. The minimum atomic E-state index is 0.276. The van der Waals surface area contributed by atoms with Crippen molar-refractivity contribution < 1.29 is 5.11 Å². The Morgan fingerprint density at radius 3 is 2.89 bits per heavy atom. The van der Waals surface area contributed by atoms with Gasteiger partial charge in [-0.3, -0.25) is 0 Å². The largest absolute Gasteiger partial charge is 0.396 e. The maximum Gasteiger partial charge on any atom is 0.136 e. The number of rotatable bonds is 4. The number of anilines is 2. The molecule has 3 N–H and O–H groups in total. The van der Waals surface area contributed by atoms with Crippen LogP contribution in [0.4, 0.5) is 11.6 Å². The average Bonchev–Trinajstić information content (AvgIpc) is 3.23. The van der Waals surface area contributed by atoms with Crippen molar-refractivity contribution in [2.24, 2.45) is 5.92 Å². The van der Waals surface area contributed by atoms with Gasteiger partial charge in [-0.15, -0.1) is 0 Å². The van der Waals surface area contributed by atoms with Gasteiger partial charge in [0.15, 0.2) is 0 Å². The fourth-order valence-corrected chi connectivity index (χ4v) is 2.85. The van der Waals surface area contributed by atoms with E-state index in [1.807, 2.05) is 6.07 Å². The fraction of sp³-hybridized carbons (Fsp3) is 0.714. The second kappa shape index (κ2) is 5.33. The number of aromatic nitrogens is 2. The second-order valence-electron chi connectivity index (χ2n) is 5.75. The molecular weight excluding hydrogens is 240 g/mol. The topological polar surface area (TPSA) is 75.3 Å². The third kappa shape index (κ3) is 2.97. The Morgan fingerprint density at radius 2 is 2.16 bits per heavy atom.